The first-order valence-corrected chi connectivity index (χ1v) is 10.6. The number of para-hydroxylation sites is 1. The summed E-state index contributed by atoms with van der Waals surface area (Å²) in [5.41, 5.74) is 9.15. The Morgan fingerprint density at radius 1 is 0.938 bits per heavy atom. The van der Waals surface area contributed by atoms with E-state index >= 15 is 0 Å². The molecule has 1 aliphatic rings. The average molecular weight is 425 g/mol. The first-order chi connectivity index (χ1) is 15.6. The first-order valence-electron chi connectivity index (χ1n) is 10.6. The van der Waals surface area contributed by atoms with Crippen molar-refractivity contribution in [1.29, 1.82) is 0 Å². The van der Waals surface area contributed by atoms with Crippen LogP contribution in [-0.2, 0) is 0 Å². The van der Waals surface area contributed by atoms with Crippen molar-refractivity contribution in [3.05, 3.63) is 64.7 Å². The van der Waals surface area contributed by atoms with Crippen LogP contribution < -0.4 is 10.1 Å². The van der Waals surface area contributed by atoms with Gasteiger partial charge in [-0.05, 0) is 39.0 Å². The first kappa shape index (κ1) is 18.7. The Morgan fingerprint density at radius 2 is 1.78 bits per heavy atom. The molecule has 3 N–H and O–H groups in total. The van der Waals surface area contributed by atoms with Crippen LogP contribution in [0.2, 0.25) is 0 Å². The molecule has 6 rings (SSSR count). The fraction of sp³-hybridized carbons (Fsp3) is 0.200. The lowest BCUT2D eigenvalue weighted by atomic mass is 9.95. The smallest absolute Gasteiger partial charge is 0.141 e. The topological polar surface area (TPSA) is 91.2 Å². The van der Waals surface area contributed by atoms with Gasteiger partial charge in [0.15, 0.2) is 0 Å². The van der Waals surface area contributed by atoms with E-state index in [0.29, 0.717) is 6.67 Å². The number of nitrogens with one attached hydrogen (secondary N) is 3. The van der Waals surface area contributed by atoms with Gasteiger partial charge in [-0.3, -0.25) is 4.99 Å². The van der Waals surface area contributed by atoms with Crippen molar-refractivity contribution in [1.82, 2.24) is 15.1 Å². The SMILES string of the molecule is COc1cc2c3c([nH]c2cc1-c1c(C)noc1C)NCN=C3c1c(C)[nH]c2ccccc12. The molecule has 5 aromatic rings. The lowest BCUT2D eigenvalue weighted by Gasteiger charge is -2.16. The van der Waals surface area contributed by atoms with Gasteiger partial charge in [-0.15, -0.1) is 0 Å². The van der Waals surface area contributed by atoms with E-state index in [2.05, 4.69) is 57.7 Å². The predicted octanol–water partition coefficient (Wildman–Crippen LogP) is 5.46. The number of aliphatic imine (C=N–C) groups is 1. The summed E-state index contributed by atoms with van der Waals surface area (Å²) in [7, 11) is 1.69. The van der Waals surface area contributed by atoms with Crippen LogP contribution in [0, 0.1) is 20.8 Å². The Kier molecular flexibility index (Phi) is 3.95. The van der Waals surface area contributed by atoms with Crippen molar-refractivity contribution in [2.24, 2.45) is 4.99 Å². The summed E-state index contributed by atoms with van der Waals surface area (Å²) in [6.45, 7) is 6.48. The van der Waals surface area contributed by atoms with E-state index in [1.807, 2.05) is 19.9 Å². The monoisotopic (exact) mass is 425 g/mol. The van der Waals surface area contributed by atoms with Gasteiger partial charge in [0.25, 0.3) is 0 Å². The van der Waals surface area contributed by atoms with Crippen LogP contribution in [0.4, 0.5) is 5.82 Å². The van der Waals surface area contributed by atoms with Crippen LogP contribution in [0.15, 0.2) is 45.9 Å². The highest BCUT2D eigenvalue weighted by Crippen LogP contribution is 2.41. The fourth-order valence-corrected chi connectivity index (χ4v) is 4.89. The number of ether oxygens (including phenoxy) is 1. The van der Waals surface area contributed by atoms with Crippen molar-refractivity contribution >= 4 is 33.3 Å². The number of hydrogen-bond acceptors (Lipinski definition) is 5. The molecule has 2 aromatic carbocycles. The van der Waals surface area contributed by atoms with Crippen LogP contribution in [0.1, 0.15) is 28.3 Å². The summed E-state index contributed by atoms with van der Waals surface area (Å²) >= 11 is 0. The zero-order valence-corrected chi connectivity index (χ0v) is 18.4. The number of H-pyrrole nitrogens is 2. The van der Waals surface area contributed by atoms with Crippen LogP contribution in [0.25, 0.3) is 32.9 Å². The maximum absolute atomic E-state index is 5.82. The summed E-state index contributed by atoms with van der Waals surface area (Å²) in [5, 5.41) is 9.75. The second kappa shape index (κ2) is 6.75. The van der Waals surface area contributed by atoms with Gasteiger partial charge in [0.05, 0.1) is 29.6 Å². The zero-order valence-electron chi connectivity index (χ0n) is 18.4. The standard InChI is InChI=1S/C25H23N5O2/c1-12-22(15-7-5-6-8-18(15)28-12)24-23-16-10-20(31-4)17(21-13(2)30-32-14(21)3)9-19(16)29-25(23)27-11-26-24/h5-10,27-29H,11H2,1-4H3. The van der Waals surface area contributed by atoms with E-state index in [4.69, 9.17) is 14.3 Å². The number of aryl methyl sites for hydroxylation is 3. The minimum Gasteiger partial charge on any atom is -0.496 e. The van der Waals surface area contributed by atoms with E-state index in [-0.39, 0.29) is 0 Å². The molecule has 0 bridgehead atoms. The molecule has 0 aliphatic carbocycles. The van der Waals surface area contributed by atoms with Gasteiger partial charge < -0.3 is 24.5 Å². The highest BCUT2D eigenvalue weighted by Gasteiger charge is 2.27. The van der Waals surface area contributed by atoms with Gasteiger partial charge in [0.1, 0.15) is 24.0 Å². The molecular weight excluding hydrogens is 402 g/mol. The van der Waals surface area contributed by atoms with Gasteiger partial charge in [0.2, 0.25) is 0 Å². The second-order valence-electron chi connectivity index (χ2n) is 8.18. The molecule has 0 atom stereocenters. The van der Waals surface area contributed by atoms with Gasteiger partial charge in [-0.2, -0.15) is 0 Å². The van der Waals surface area contributed by atoms with E-state index in [0.717, 1.165) is 73.1 Å². The lowest BCUT2D eigenvalue weighted by molar-refractivity contribution is 0.393. The van der Waals surface area contributed by atoms with E-state index < -0.39 is 0 Å². The normalized spacial score (nSPS) is 13.3. The van der Waals surface area contributed by atoms with Gasteiger partial charge in [-0.1, -0.05) is 23.4 Å². The molecule has 0 saturated heterocycles. The highest BCUT2D eigenvalue weighted by atomic mass is 16.5. The van der Waals surface area contributed by atoms with Gasteiger partial charge >= 0.3 is 0 Å². The highest BCUT2D eigenvalue weighted by molar-refractivity contribution is 6.28. The Bertz CT molecular complexity index is 1530. The Hall–Kier alpha value is -4.00. The van der Waals surface area contributed by atoms with E-state index in [9.17, 15) is 0 Å². The maximum atomic E-state index is 5.82. The van der Waals surface area contributed by atoms with Gasteiger partial charge in [-0.25, -0.2) is 0 Å². The predicted molar refractivity (Wildman–Crippen MR) is 127 cm³/mol. The summed E-state index contributed by atoms with van der Waals surface area (Å²) in [4.78, 5) is 12.0. The summed E-state index contributed by atoms with van der Waals surface area (Å²) < 4.78 is 11.2. The molecule has 0 unspecified atom stereocenters. The quantitative estimate of drug-likeness (QED) is 0.358. The molecule has 3 aromatic heterocycles. The minimum atomic E-state index is 0.516. The molecular formula is C25H23N5O2. The minimum absolute atomic E-state index is 0.516. The van der Waals surface area contributed by atoms with Crippen LogP contribution in [-0.4, -0.2) is 34.6 Å². The summed E-state index contributed by atoms with van der Waals surface area (Å²) in [6, 6.07) is 12.5. The van der Waals surface area contributed by atoms with Crippen LogP contribution in [0.3, 0.4) is 0 Å². The Balaban J connectivity index is 1.62. The molecule has 7 heteroatoms. The average Bonchev–Trinajstić information content (AvgIpc) is 3.44. The largest absolute Gasteiger partial charge is 0.496 e. The molecule has 32 heavy (non-hydrogen) atoms. The van der Waals surface area contributed by atoms with Crippen LogP contribution in [0.5, 0.6) is 5.75 Å². The summed E-state index contributed by atoms with van der Waals surface area (Å²) in [5.74, 6) is 2.51. The molecule has 7 nitrogen and oxygen atoms in total. The van der Waals surface area contributed by atoms with Crippen molar-refractivity contribution in [2.45, 2.75) is 20.8 Å². The molecule has 0 saturated carbocycles. The molecule has 4 heterocycles. The molecule has 0 spiro atoms. The number of rotatable bonds is 3. The van der Waals surface area contributed by atoms with Crippen molar-refractivity contribution in [3.63, 3.8) is 0 Å². The zero-order chi connectivity index (χ0) is 22.0. The third kappa shape index (κ3) is 2.54. The molecule has 1 aliphatic heterocycles. The molecule has 160 valence electrons. The fourth-order valence-electron chi connectivity index (χ4n) is 4.89. The maximum Gasteiger partial charge on any atom is 0.141 e. The van der Waals surface area contributed by atoms with Crippen molar-refractivity contribution < 1.29 is 9.26 Å². The van der Waals surface area contributed by atoms with Crippen molar-refractivity contribution in [3.8, 4) is 16.9 Å². The summed E-state index contributed by atoms with van der Waals surface area (Å²) in [6.07, 6.45) is 0. The second-order valence-corrected chi connectivity index (χ2v) is 8.18. The molecule has 0 fully saturated rings. The third-order valence-electron chi connectivity index (χ3n) is 6.28. The molecule has 0 radical (unpaired) electrons. The number of methoxy groups -OCH3 is 1. The molecule has 0 amide bonds. The Labute approximate surface area is 184 Å². The number of aromatic amines is 2. The number of fused-ring (bicyclic) bond motifs is 4. The number of aromatic nitrogens is 3. The van der Waals surface area contributed by atoms with Crippen LogP contribution >= 0.6 is 0 Å². The number of nitrogens with zero attached hydrogens (tertiary/aromatic N) is 2. The van der Waals surface area contributed by atoms with E-state index in [1.165, 1.54) is 5.39 Å². The lowest BCUT2D eigenvalue weighted by Crippen LogP contribution is -2.16. The van der Waals surface area contributed by atoms with Gasteiger partial charge in [0, 0.05) is 38.6 Å². The third-order valence-corrected chi connectivity index (χ3v) is 6.28. The Morgan fingerprint density at radius 3 is 2.56 bits per heavy atom. The number of hydrogen-bond donors (Lipinski definition) is 3. The number of anilines is 1. The van der Waals surface area contributed by atoms with E-state index in [1.54, 1.807) is 7.11 Å². The number of benzene rings is 2. The van der Waals surface area contributed by atoms with Crippen molar-refractivity contribution in [2.75, 3.05) is 19.1 Å².